The number of hydrogen-bond acceptors (Lipinski definition) is 5. The molecule has 0 saturated heterocycles. The third-order valence-corrected chi connectivity index (χ3v) is 6.22. The SMILES string of the molecule is C=C(C)C(=O)OCCNC(=O)NC(C)(C)C(C)COC(C)(C)C(C)(C)CCOC(C)(C)C. The Bertz CT molecular complexity index is 633. The molecule has 0 aromatic heterocycles. The molecule has 0 aliphatic heterocycles. The van der Waals surface area contributed by atoms with Crippen LogP contribution in [0.1, 0.15) is 82.6 Å². The highest BCUT2D eigenvalue weighted by Gasteiger charge is 2.39. The number of hydrogen-bond donors (Lipinski definition) is 2. The van der Waals surface area contributed by atoms with E-state index < -0.39 is 11.5 Å². The van der Waals surface area contributed by atoms with Gasteiger partial charge in [0.15, 0.2) is 0 Å². The van der Waals surface area contributed by atoms with Gasteiger partial charge in [-0.25, -0.2) is 9.59 Å². The standard InChI is InChI=1S/C25H48N2O5/c1-18(2)20(28)30-16-14-26-21(29)27-24(9,10)19(3)17-32-25(11,12)23(7,8)13-15-31-22(4,5)6/h19H,1,13-17H2,2-12H3,(H2,26,27,29). The molecule has 2 amide bonds. The van der Waals surface area contributed by atoms with Crippen LogP contribution in [0.15, 0.2) is 12.2 Å². The van der Waals surface area contributed by atoms with Gasteiger partial charge < -0.3 is 24.8 Å². The van der Waals surface area contributed by atoms with Crippen LogP contribution < -0.4 is 10.6 Å². The number of amides is 2. The van der Waals surface area contributed by atoms with Gasteiger partial charge in [-0.15, -0.1) is 0 Å². The molecule has 0 saturated carbocycles. The number of nitrogens with one attached hydrogen (secondary N) is 2. The fourth-order valence-corrected chi connectivity index (χ4v) is 2.54. The quantitative estimate of drug-likeness (QED) is 0.235. The second kappa shape index (κ2) is 12.0. The number of urea groups is 1. The molecular weight excluding hydrogens is 408 g/mol. The summed E-state index contributed by atoms with van der Waals surface area (Å²) in [5, 5.41) is 5.69. The van der Waals surface area contributed by atoms with Crippen molar-refractivity contribution in [3.05, 3.63) is 12.2 Å². The van der Waals surface area contributed by atoms with Gasteiger partial charge in [-0.3, -0.25) is 0 Å². The largest absolute Gasteiger partial charge is 0.460 e. The van der Waals surface area contributed by atoms with Crippen molar-refractivity contribution < 1.29 is 23.8 Å². The summed E-state index contributed by atoms with van der Waals surface area (Å²) in [6, 6.07) is -0.313. The lowest BCUT2D eigenvalue weighted by Gasteiger charge is -2.44. The minimum atomic E-state index is -0.492. The van der Waals surface area contributed by atoms with E-state index in [-0.39, 0.29) is 41.7 Å². The monoisotopic (exact) mass is 456 g/mol. The lowest BCUT2D eigenvalue weighted by molar-refractivity contribution is -0.138. The van der Waals surface area contributed by atoms with E-state index in [2.05, 4.69) is 72.6 Å². The third-order valence-electron chi connectivity index (χ3n) is 6.22. The second-order valence-electron chi connectivity index (χ2n) is 11.3. The van der Waals surface area contributed by atoms with Crippen molar-refractivity contribution in [3.8, 4) is 0 Å². The first-order valence-electron chi connectivity index (χ1n) is 11.5. The summed E-state index contributed by atoms with van der Waals surface area (Å²) in [5.74, 6) is -0.399. The van der Waals surface area contributed by atoms with Crippen LogP contribution in [-0.2, 0) is 19.0 Å². The summed E-state index contributed by atoms with van der Waals surface area (Å²) in [5.41, 5.74) is -0.772. The lowest BCUT2D eigenvalue weighted by atomic mass is 9.74. The molecule has 0 aliphatic rings. The van der Waals surface area contributed by atoms with Gasteiger partial charge in [0.2, 0.25) is 0 Å². The first-order chi connectivity index (χ1) is 14.3. The number of rotatable bonds is 13. The normalized spacial score (nSPS) is 14.0. The molecule has 7 nitrogen and oxygen atoms in total. The van der Waals surface area contributed by atoms with Crippen LogP contribution in [0.2, 0.25) is 0 Å². The van der Waals surface area contributed by atoms with E-state index in [1.165, 1.54) is 0 Å². The topological polar surface area (TPSA) is 85.9 Å². The molecule has 7 heteroatoms. The predicted molar refractivity (Wildman–Crippen MR) is 130 cm³/mol. The van der Waals surface area contributed by atoms with Gasteiger partial charge >= 0.3 is 12.0 Å². The Morgan fingerprint density at radius 1 is 0.938 bits per heavy atom. The summed E-state index contributed by atoms with van der Waals surface area (Å²) in [4.78, 5) is 23.6. The maximum absolute atomic E-state index is 12.3. The minimum Gasteiger partial charge on any atom is -0.460 e. The van der Waals surface area contributed by atoms with Gasteiger partial charge in [-0.05, 0) is 67.2 Å². The molecule has 0 radical (unpaired) electrons. The van der Waals surface area contributed by atoms with E-state index in [4.69, 9.17) is 14.2 Å². The summed E-state index contributed by atoms with van der Waals surface area (Å²) >= 11 is 0. The van der Waals surface area contributed by atoms with Crippen LogP contribution in [0, 0.1) is 11.3 Å². The minimum absolute atomic E-state index is 0.0652. The van der Waals surface area contributed by atoms with Crippen LogP contribution in [-0.4, -0.2) is 55.1 Å². The van der Waals surface area contributed by atoms with Gasteiger partial charge in [0.05, 0.1) is 24.4 Å². The van der Waals surface area contributed by atoms with E-state index in [1.54, 1.807) is 6.92 Å². The molecule has 188 valence electrons. The van der Waals surface area contributed by atoms with Crippen LogP contribution in [0.4, 0.5) is 4.79 Å². The summed E-state index contributed by atoms with van der Waals surface area (Å²) < 4.78 is 17.2. The van der Waals surface area contributed by atoms with Crippen LogP contribution in [0.5, 0.6) is 0 Å². The van der Waals surface area contributed by atoms with E-state index in [0.717, 1.165) is 6.42 Å². The highest BCUT2D eigenvalue weighted by Crippen LogP contribution is 2.38. The zero-order valence-corrected chi connectivity index (χ0v) is 22.4. The zero-order chi connectivity index (χ0) is 25.4. The number of carbonyl (C=O) groups excluding carboxylic acids is 2. The highest BCUT2D eigenvalue weighted by atomic mass is 16.5. The van der Waals surface area contributed by atoms with Crippen molar-refractivity contribution in [3.63, 3.8) is 0 Å². The maximum atomic E-state index is 12.3. The fraction of sp³-hybridized carbons (Fsp3) is 0.840. The molecule has 0 spiro atoms. The highest BCUT2D eigenvalue weighted by molar-refractivity contribution is 5.86. The van der Waals surface area contributed by atoms with E-state index in [0.29, 0.717) is 18.8 Å². The Labute approximate surface area is 196 Å². The van der Waals surface area contributed by atoms with Crippen molar-refractivity contribution in [1.29, 1.82) is 0 Å². The van der Waals surface area contributed by atoms with Crippen LogP contribution >= 0.6 is 0 Å². The Morgan fingerprint density at radius 3 is 2.00 bits per heavy atom. The maximum Gasteiger partial charge on any atom is 0.333 e. The van der Waals surface area contributed by atoms with Crippen molar-refractivity contribution in [1.82, 2.24) is 10.6 Å². The Kier molecular flexibility index (Phi) is 11.4. The predicted octanol–water partition coefficient (Wildman–Crippen LogP) is 4.85. The first-order valence-corrected chi connectivity index (χ1v) is 11.5. The summed E-state index contributed by atoms with van der Waals surface area (Å²) in [7, 11) is 0. The van der Waals surface area contributed by atoms with Crippen molar-refractivity contribution in [2.75, 3.05) is 26.4 Å². The van der Waals surface area contributed by atoms with E-state index >= 15 is 0 Å². The second-order valence-corrected chi connectivity index (χ2v) is 11.3. The molecule has 0 aliphatic carbocycles. The van der Waals surface area contributed by atoms with Gasteiger partial charge in [0, 0.05) is 23.6 Å². The van der Waals surface area contributed by atoms with Gasteiger partial charge in [-0.2, -0.15) is 0 Å². The molecule has 0 heterocycles. The molecule has 1 unspecified atom stereocenters. The van der Waals surface area contributed by atoms with Crippen LogP contribution in [0.25, 0.3) is 0 Å². The zero-order valence-electron chi connectivity index (χ0n) is 22.4. The molecule has 0 bridgehead atoms. The first kappa shape index (κ1) is 30.4. The van der Waals surface area contributed by atoms with Crippen molar-refractivity contribution in [2.45, 2.75) is 99.3 Å². The van der Waals surface area contributed by atoms with E-state index in [1.807, 2.05) is 13.8 Å². The summed E-state index contributed by atoms with van der Waals surface area (Å²) in [6.07, 6.45) is 0.881. The van der Waals surface area contributed by atoms with Gasteiger partial charge in [0.25, 0.3) is 0 Å². The molecule has 0 aromatic rings. The molecule has 32 heavy (non-hydrogen) atoms. The molecular formula is C25H48N2O5. The van der Waals surface area contributed by atoms with E-state index in [9.17, 15) is 9.59 Å². The Morgan fingerprint density at radius 2 is 1.50 bits per heavy atom. The average molecular weight is 457 g/mol. The average Bonchev–Trinajstić information content (AvgIpc) is 2.61. The lowest BCUT2D eigenvalue weighted by Crippen LogP contribution is -2.54. The smallest absolute Gasteiger partial charge is 0.333 e. The van der Waals surface area contributed by atoms with Crippen molar-refractivity contribution >= 4 is 12.0 Å². The van der Waals surface area contributed by atoms with Crippen molar-refractivity contribution in [2.24, 2.45) is 11.3 Å². The molecule has 0 rings (SSSR count). The number of carbonyl (C=O) groups is 2. The van der Waals surface area contributed by atoms with Gasteiger partial charge in [0.1, 0.15) is 6.61 Å². The molecule has 1 atom stereocenters. The van der Waals surface area contributed by atoms with Gasteiger partial charge in [-0.1, -0.05) is 27.4 Å². The molecule has 0 aromatic carbocycles. The Balaban J connectivity index is 4.60. The Hall–Kier alpha value is -1.60. The number of ether oxygens (including phenoxy) is 3. The fourth-order valence-electron chi connectivity index (χ4n) is 2.54. The molecule has 2 N–H and O–H groups in total. The molecule has 0 fully saturated rings. The number of esters is 1. The third kappa shape index (κ3) is 11.3. The summed E-state index contributed by atoms with van der Waals surface area (Å²) in [6.45, 7) is 27.4. The van der Waals surface area contributed by atoms with Crippen LogP contribution in [0.3, 0.4) is 0 Å².